The number of ether oxygens (including phenoxy) is 1. The van der Waals surface area contributed by atoms with E-state index in [4.69, 9.17) is 16.3 Å². The van der Waals surface area contributed by atoms with Gasteiger partial charge < -0.3 is 15.0 Å². The number of benzene rings is 1. The SMILES string of the molecule is C[C@H](NC(=O)N1CCN(S(=O)(=O)c2ccc(Cl)cc2)CC1)[C@@H]1CCCO1. The number of sulfonamides is 1. The molecule has 2 aliphatic rings. The Bertz CT molecular complexity index is 727. The molecular weight excluding hydrogens is 378 g/mol. The van der Waals surface area contributed by atoms with Crippen LogP contribution in [0.5, 0.6) is 0 Å². The minimum atomic E-state index is -3.57. The van der Waals surface area contributed by atoms with Crippen LogP contribution in [0.15, 0.2) is 29.2 Å². The van der Waals surface area contributed by atoms with E-state index in [9.17, 15) is 13.2 Å². The van der Waals surface area contributed by atoms with E-state index < -0.39 is 10.0 Å². The number of amides is 2. The summed E-state index contributed by atoms with van der Waals surface area (Å²) in [6.45, 7) is 3.94. The summed E-state index contributed by atoms with van der Waals surface area (Å²) in [7, 11) is -3.57. The van der Waals surface area contributed by atoms with Crippen molar-refractivity contribution in [3.05, 3.63) is 29.3 Å². The minimum Gasteiger partial charge on any atom is -0.376 e. The lowest BCUT2D eigenvalue weighted by molar-refractivity contribution is 0.0821. The van der Waals surface area contributed by atoms with Gasteiger partial charge in [0.2, 0.25) is 10.0 Å². The standard InChI is InChI=1S/C17H24ClN3O4S/c1-13(16-3-2-12-25-16)19-17(22)20-8-10-21(11-9-20)26(23,24)15-6-4-14(18)5-7-15/h4-7,13,16H,2-3,8-12H2,1H3,(H,19,22)/t13-,16-/m0/s1. The van der Waals surface area contributed by atoms with E-state index in [2.05, 4.69) is 5.32 Å². The van der Waals surface area contributed by atoms with Crippen LogP contribution in [0.25, 0.3) is 0 Å². The predicted octanol–water partition coefficient (Wildman–Crippen LogP) is 1.92. The Morgan fingerprint density at radius 3 is 2.46 bits per heavy atom. The van der Waals surface area contributed by atoms with Crippen molar-refractivity contribution >= 4 is 27.7 Å². The Hall–Kier alpha value is -1.35. The fourth-order valence-electron chi connectivity index (χ4n) is 3.26. The molecule has 2 aliphatic heterocycles. The lowest BCUT2D eigenvalue weighted by atomic mass is 10.1. The lowest BCUT2D eigenvalue weighted by Crippen LogP contribution is -2.55. The quantitative estimate of drug-likeness (QED) is 0.836. The Balaban J connectivity index is 1.54. The van der Waals surface area contributed by atoms with E-state index in [0.717, 1.165) is 19.4 Å². The molecule has 2 amide bonds. The van der Waals surface area contributed by atoms with Gasteiger partial charge in [-0.05, 0) is 44.0 Å². The third-order valence-electron chi connectivity index (χ3n) is 4.85. The third-order valence-corrected chi connectivity index (χ3v) is 7.02. The summed E-state index contributed by atoms with van der Waals surface area (Å²) in [5.41, 5.74) is 0. The molecule has 26 heavy (non-hydrogen) atoms. The molecule has 1 aromatic carbocycles. The molecule has 0 saturated carbocycles. The van der Waals surface area contributed by atoms with E-state index in [0.29, 0.717) is 18.1 Å². The van der Waals surface area contributed by atoms with Gasteiger partial charge in [-0.1, -0.05) is 11.6 Å². The highest BCUT2D eigenvalue weighted by molar-refractivity contribution is 7.89. The highest BCUT2D eigenvalue weighted by atomic mass is 35.5. The van der Waals surface area contributed by atoms with Crippen molar-refractivity contribution in [3.63, 3.8) is 0 Å². The van der Waals surface area contributed by atoms with Gasteiger partial charge in [-0.15, -0.1) is 0 Å². The summed E-state index contributed by atoms with van der Waals surface area (Å²) in [6.07, 6.45) is 2.03. The maximum absolute atomic E-state index is 12.7. The van der Waals surface area contributed by atoms with Crippen LogP contribution in [0.3, 0.4) is 0 Å². The van der Waals surface area contributed by atoms with Gasteiger partial charge in [-0.2, -0.15) is 4.31 Å². The largest absolute Gasteiger partial charge is 0.376 e. The molecule has 2 atom stereocenters. The van der Waals surface area contributed by atoms with Gasteiger partial charge >= 0.3 is 6.03 Å². The van der Waals surface area contributed by atoms with Crippen LogP contribution in [0.1, 0.15) is 19.8 Å². The maximum atomic E-state index is 12.7. The molecule has 1 aromatic rings. The van der Waals surface area contributed by atoms with Crippen LogP contribution in [0, 0.1) is 0 Å². The minimum absolute atomic E-state index is 0.0548. The molecule has 9 heteroatoms. The summed E-state index contributed by atoms with van der Waals surface area (Å²) < 4.78 is 32.3. The molecule has 3 rings (SSSR count). The topological polar surface area (TPSA) is 79.0 Å². The molecule has 0 aliphatic carbocycles. The molecule has 7 nitrogen and oxygen atoms in total. The molecule has 0 bridgehead atoms. The number of hydrogen-bond acceptors (Lipinski definition) is 4. The van der Waals surface area contributed by atoms with Crippen molar-refractivity contribution in [2.24, 2.45) is 0 Å². The normalized spacial score (nSPS) is 23.0. The highest BCUT2D eigenvalue weighted by Gasteiger charge is 2.31. The highest BCUT2D eigenvalue weighted by Crippen LogP contribution is 2.20. The van der Waals surface area contributed by atoms with E-state index in [1.54, 1.807) is 17.0 Å². The second kappa shape index (κ2) is 8.12. The zero-order chi connectivity index (χ0) is 18.7. The Morgan fingerprint density at radius 1 is 1.23 bits per heavy atom. The van der Waals surface area contributed by atoms with Crippen molar-refractivity contribution in [2.75, 3.05) is 32.8 Å². The van der Waals surface area contributed by atoms with Crippen molar-refractivity contribution in [3.8, 4) is 0 Å². The number of hydrogen-bond donors (Lipinski definition) is 1. The van der Waals surface area contributed by atoms with Gasteiger partial charge in [0.25, 0.3) is 0 Å². The van der Waals surface area contributed by atoms with Crippen molar-refractivity contribution in [1.29, 1.82) is 0 Å². The van der Waals surface area contributed by atoms with Crippen molar-refractivity contribution in [2.45, 2.75) is 36.8 Å². The molecule has 2 fully saturated rings. The van der Waals surface area contributed by atoms with Crippen LogP contribution in [0.2, 0.25) is 5.02 Å². The van der Waals surface area contributed by atoms with Gasteiger partial charge in [-0.25, -0.2) is 13.2 Å². The monoisotopic (exact) mass is 401 g/mol. The molecular formula is C17H24ClN3O4S. The Labute approximate surface area is 159 Å². The summed E-state index contributed by atoms with van der Waals surface area (Å²) >= 11 is 5.82. The third kappa shape index (κ3) is 4.31. The first kappa shape index (κ1) is 19.4. The zero-order valence-electron chi connectivity index (χ0n) is 14.7. The smallest absolute Gasteiger partial charge is 0.317 e. The van der Waals surface area contributed by atoms with Gasteiger partial charge in [0.1, 0.15) is 0 Å². The van der Waals surface area contributed by atoms with Crippen LogP contribution < -0.4 is 5.32 Å². The molecule has 144 valence electrons. The number of carbonyl (C=O) groups excluding carboxylic acids is 1. The second-order valence-electron chi connectivity index (χ2n) is 6.63. The zero-order valence-corrected chi connectivity index (χ0v) is 16.3. The Morgan fingerprint density at radius 2 is 1.88 bits per heavy atom. The molecule has 2 saturated heterocycles. The summed E-state index contributed by atoms with van der Waals surface area (Å²) in [6, 6.07) is 5.90. The first-order valence-electron chi connectivity index (χ1n) is 8.81. The first-order chi connectivity index (χ1) is 12.4. The molecule has 0 radical (unpaired) electrons. The molecule has 2 heterocycles. The van der Waals surface area contributed by atoms with E-state index in [1.165, 1.54) is 16.4 Å². The van der Waals surface area contributed by atoms with Gasteiger partial charge in [0.15, 0.2) is 0 Å². The number of nitrogens with zero attached hydrogens (tertiary/aromatic N) is 2. The van der Waals surface area contributed by atoms with Gasteiger partial charge in [0.05, 0.1) is 17.0 Å². The lowest BCUT2D eigenvalue weighted by Gasteiger charge is -2.35. The first-order valence-corrected chi connectivity index (χ1v) is 10.6. The van der Waals surface area contributed by atoms with Crippen LogP contribution >= 0.6 is 11.6 Å². The van der Waals surface area contributed by atoms with Crippen molar-refractivity contribution in [1.82, 2.24) is 14.5 Å². The number of halogens is 1. The Kier molecular flexibility index (Phi) is 6.06. The average molecular weight is 402 g/mol. The summed E-state index contributed by atoms with van der Waals surface area (Å²) in [5.74, 6) is 0. The maximum Gasteiger partial charge on any atom is 0.317 e. The molecule has 0 spiro atoms. The van der Waals surface area contributed by atoms with Crippen LogP contribution in [0.4, 0.5) is 4.79 Å². The number of urea groups is 1. The van der Waals surface area contributed by atoms with Crippen LogP contribution in [-0.2, 0) is 14.8 Å². The molecule has 0 aromatic heterocycles. The average Bonchev–Trinajstić information content (AvgIpc) is 3.17. The van der Waals surface area contributed by atoms with Gasteiger partial charge in [0, 0.05) is 37.8 Å². The molecule has 0 unspecified atom stereocenters. The van der Waals surface area contributed by atoms with Gasteiger partial charge in [-0.3, -0.25) is 0 Å². The predicted molar refractivity (Wildman–Crippen MR) is 98.8 cm³/mol. The fourth-order valence-corrected chi connectivity index (χ4v) is 4.81. The fraction of sp³-hybridized carbons (Fsp3) is 0.588. The van der Waals surface area contributed by atoms with E-state index in [-0.39, 0.29) is 36.2 Å². The number of rotatable bonds is 4. The molecule has 1 N–H and O–H groups in total. The number of piperazine rings is 1. The van der Waals surface area contributed by atoms with E-state index >= 15 is 0 Å². The van der Waals surface area contributed by atoms with E-state index in [1.807, 2.05) is 6.92 Å². The number of carbonyl (C=O) groups is 1. The van der Waals surface area contributed by atoms with Crippen molar-refractivity contribution < 1.29 is 17.9 Å². The van der Waals surface area contributed by atoms with Crippen LogP contribution in [-0.4, -0.2) is 68.6 Å². The number of nitrogens with one attached hydrogen (secondary N) is 1. The second-order valence-corrected chi connectivity index (χ2v) is 9.01. The summed E-state index contributed by atoms with van der Waals surface area (Å²) in [5, 5.41) is 3.45. The summed E-state index contributed by atoms with van der Waals surface area (Å²) in [4.78, 5) is 14.3.